The molecule has 0 spiro atoms. The molecule has 2 N–H and O–H groups in total. The zero-order valence-corrected chi connectivity index (χ0v) is 18.1. The lowest BCUT2D eigenvalue weighted by Crippen LogP contribution is -2.41. The predicted molar refractivity (Wildman–Crippen MR) is 115 cm³/mol. The van der Waals surface area contributed by atoms with Crippen molar-refractivity contribution in [3.05, 3.63) is 42.2 Å². The van der Waals surface area contributed by atoms with E-state index in [9.17, 15) is 0 Å². The first-order valence-electron chi connectivity index (χ1n) is 8.42. The predicted octanol–water partition coefficient (Wildman–Crippen LogP) is 2.57. The number of aromatic nitrogens is 2. The van der Waals surface area contributed by atoms with Gasteiger partial charge in [0.15, 0.2) is 17.5 Å². The van der Waals surface area contributed by atoms with E-state index in [4.69, 9.17) is 9.47 Å². The Morgan fingerprint density at radius 2 is 1.96 bits per heavy atom. The van der Waals surface area contributed by atoms with Gasteiger partial charge in [0.2, 0.25) is 0 Å². The van der Waals surface area contributed by atoms with Crippen molar-refractivity contribution < 1.29 is 9.47 Å². The van der Waals surface area contributed by atoms with Crippen LogP contribution in [0.4, 0.5) is 0 Å². The fraction of sp³-hybridized carbons (Fsp3) is 0.444. The van der Waals surface area contributed by atoms with Gasteiger partial charge in [-0.25, -0.2) is 4.99 Å². The first-order chi connectivity index (χ1) is 12.1. The van der Waals surface area contributed by atoms with Crippen molar-refractivity contribution in [1.29, 1.82) is 0 Å². The third-order valence-electron chi connectivity index (χ3n) is 3.62. The van der Waals surface area contributed by atoms with Crippen molar-refractivity contribution in [3.8, 4) is 11.5 Å². The molecule has 7 nitrogen and oxygen atoms in total. The Bertz CT molecular complexity index is 690. The van der Waals surface area contributed by atoms with Crippen molar-refractivity contribution >= 4 is 29.9 Å². The van der Waals surface area contributed by atoms with Crippen LogP contribution in [0.25, 0.3) is 0 Å². The lowest BCUT2D eigenvalue weighted by atomic mass is 10.3. The lowest BCUT2D eigenvalue weighted by Gasteiger charge is -2.19. The number of nitrogens with one attached hydrogen (secondary N) is 2. The summed E-state index contributed by atoms with van der Waals surface area (Å²) >= 11 is 0. The summed E-state index contributed by atoms with van der Waals surface area (Å²) in [7, 11) is 3.55. The largest absolute Gasteiger partial charge is 0.493 e. The van der Waals surface area contributed by atoms with Crippen molar-refractivity contribution in [2.24, 2.45) is 12.0 Å². The van der Waals surface area contributed by atoms with Gasteiger partial charge >= 0.3 is 0 Å². The second-order valence-corrected chi connectivity index (χ2v) is 5.60. The van der Waals surface area contributed by atoms with E-state index in [1.165, 1.54) is 0 Å². The molecule has 0 aliphatic heterocycles. The minimum atomic E-state index is -0.0446. The van der Waals surface area contributed by atoms with E-state index in [2.05, 4.69) is 20.7 Å². The first kappa shape index (κ1) is 22.1. The van der Waals surface area contributed by atoms with Crippen LogP contribution in [-0.2, 0) is 13.6 Å². The summed E-state index contributed by atoms with van der Waals surface area (Å²) in [5.41, 5.74) is 1.05. The maximum absolute atomic E-state index is 5.95. The van der Waals surface area contributed by atoms with Gasteiger partial charge in [-0.2, -0.15) is 5.10 Å². The van der Waals surface area contributed by atoms with Crippen LogP contribution in [0.1, 0.15) is 19.5 Å². The molecular formula is C18H28IN5O2. The molecular weight excluding hydrogens is 445 g/mol. The number of benzene rings is 1. The van der Waals surface area contributed by atoms with Crippen LogP contribution in [-0.4, -0.2) is 42.0 Å². The minimum Gasteiger partial charge on any atom is -0.493 e. The van der Waals surface area contributed by atoms with Crippen molar-refractivity contribution in [1.82, 2.24) is 20.4 Å². The van der Waals surface area contributed by atoms with Gasteiger partial charge in [0.05, 0.1) is 25.9 Å². The summed E-state index contributed by atoms with van der Waals surface area (Å²) in [5, 5.41) is 10.7. The Labute approximate surface area is 172 Å². The quantitative estimate of drug-likeness (QED) is 0.351. The Morgan fingerprint density at radius 1 is 1.23 bits per heavy atom. The average Bonchev–Trinajstić information content (AvgIpc) is 3.03. The van der Waals surface area contributed by atoms with Crippen LogP contribution >= 0.6 is 24.0 Å². The van der Waals surface area contributed by atoms with Crippen LogP contribution in [0, 0.1) is 0 Å². The molecule has 0 fully saturated rings. The highest BCUT2D eigenvalue weighted by atomic mass is 127. The van der Waals surface area contributed by atoms with Gasteiger partial charge in [-0.05, 0) is 32.0 Å². The number of halogens is 1. The number of para-hydroxylation sites is 2. The second kappa shape index (κ2) is 11.6. The van der Waals surface area contributed by atoms with E-state index >= 15 is 0 Å². The van der Waals surface area contributed by atoms with Crippen LogP contribution in [0.2, 0.25) is 0 Å². The molecule has 1 aromatic heterocycles. The highest BCUT2D eigenvalue weighted by Crippen LogP contribution is 2.26. The molecule has 0 aliphatic rings. The standard InChI is InChI=1S/C18H27N5O2.HI/c1-5-19-18(21-13-15-10-11-22-23(15)3)20-12-14(2)25-17-9-7-6-8-16(17)24-4;/h6-11,14H,5,12-13H2,1-4H3,(H2,19,20,21);1H. The number of methoxy groups -OCH3 is 1. The van der Waals surface area contributed by atoms with Crippen molar-refractivity contribution in [2.45, 2.75) is 26.5 Å². The summed E-state index contributed by atoms with van der Waals surface area (Å²) in [5.74, 6) is 2.21. The molecule has 2 aromatic rings. The van der Waals surface area contributed by atoms with Crippen molar-refractivity contribution in [3.63, 3.8) is 0 Å². The molecule has 0 radical (unpaired) electrons. The minimum absolute atomic E-state index is 0. The molecule has 0 amide bonds. The fourth-order valence-electron chi connectivity index (χ4n) is 2.27. The number of rotatable bonds is 8. The monoisotopic (exact) mass is 473 g/mol. The summed E-state index contributed by atoms with van der Waals surface area (Å²) in [6, 6.07) is 9.59. The molecule has 0 saturated carbocycles. The third kappa shape index (κ3) is 6.74. The summed E-state index contributed by atoms with van der Waals surface area (Å²) in [4.78, 5) is 4.58. The maximum atomic E-state index is 5.95. The molecule has 2 rings (SSSR count). The zero-order valence-electron chi connectivity index (χ0n) is 15.7. The number of aryl methyl sites for hydroxylation is 1. The Morgan fingerprint density at radius 3 is 2.58 bits per heavy atom. The Balaban J connectivity index is 0.00000338. The van der Waals surface area contributed by atoms with Gasteiger partial charge in [0, 0.05) is 19.8 Å². The van der Waals surface area contributed by atoms with Gasteiger partial charge in [0.25, 0.3) is 0 Å². The number of ether oxygens (including phenoxy) is 2. The second-order valence-electron chi connectivity index (χ2n) is 5.60. The molecule has 1 aromatic carbocycles. The van der Waals surface area contributed by atoms with E-state index in [1.54, 1.807) is 13.3 Å². The summed E-state index contributed by atoms with van der Waals surface area (Å²) in [6.07, 6.45) is 1.73. The number of hydrogen-bond donors (Lipinski definition) is 2. The number of hydrogen-bond acceptors (Lipinski definition) is 4. The van der Waals surface area contributed by atoms with Gasteiger partial charge in [-0.3, -0.25) is 4.68 Å². The van der Waals surface area contributed by atoms with Crippen LogP contribution < -0.4 is 20.1 Å². The molecule has 0 saturated heterocycles. The summed E-state index contributed by atoms with van der Waals surface area (Å²) in [6.45, 7) is 6.02. The molecule has 1 unspecified atom stereocenters. The normalized spacial score (nSPS) is 12.1. The van der Waals surface area contributed by atoms with Gasteiger partial charge in [-0.1, -0.05) is 12.1 Å². The lowest BCUT2D eigenvalue weighted by molar-refractivity contribution is 0.213. The van der Waals surface area contributed by atoms with Gasteiger partial charge < -0.3 is 20.1 Å². The number of aliphatic imine (C=N–C) groups is 1. The molecule has 1 atom stereocenters. The average molecular weight is 473 g/mol. The van der Waals surface area contributed by atoms with Crippen LogP contribution in [0.5, 0.6) is 11.5 Å². The third-order valence-corrected chi connectivity index (χ3v) is 3.62. The Hall–Kier alpha value is -1.97. The van der Waals surface area contributed by atoms with Gasteiger partial charge in [-0.15, -0.1) is 24.0 Å². The molecule has 144 valence electrons. The molecule has 1 heterocycles. The van der Waals surface area contributed by atoms with E-state index < -0.39 is 0 Å². The maximum Gasteiger partial charge on any atom is 0.191 e. The summed E-state index contributed by atoms with van der Waals surface area (Å²) < 4.78 is 13.1. The SMILES string of the molecule is CCNC(=NCc1ccnn1C)NCC(C)Oc1ccccc1OC.I. The van der Waals surface area contributed by atoms with E-state index in [0.29, 0.717) is 13.1 Å². The number of nitrogens with zero attached hydrogens (tertiary/aromatic N) is 3. The molecule has 0 aliphatic carbocycles. The molecule has 0 bridgehead atoms. The Kier molecular flexibility index (Phi) is 9.85. The topological polar surface area (TPSA) is 72.7 Å². The van der Waals surface area contributed by atoms with E-state index in [1.807, 2.05) is 55.9 Å². The van der Waals surface area contributed by atoms with Gasteiger partial charge in [0.1, 0.15) is 6.10 Å². The fourth-order valence-corrected chi connectivity index (χ4v) is 2.27. The zero-order chi connectivity index (χ0) is 18.1. The molecule has 26 heavy (non-hydrogen) atoms. The highest BCUT2D eigenvalue weighted by Gasteiger charge is 2.09. The molecule has 8 heteroatoms. The smallest absolute Gasteiger partial charge is 0.191 e. The van der Waals surface area contributed by atoms with E-state index in [-0.39, 0.29) is 30.1 Å². The van der Waals surface area contributed by atoms with Crippen LogP contribution in [0.3, 0.4) is 0 Å². The van der Waals surface area contributed by atoms with Crippen molar-refractivity contribution in [2.75, 3.05) is 20.2 Å². The van der Waals surface area contributed by atoms with E-state index in [0.717, 1.165) is 29.7 Å². The van der Waals surface area contributed by atoms with Crippen LogP contribution in [0.15, 0.2) is 41.5 Å². The first-order valence-corrected chi connectivity index (χ1v) is 8.42. The number of guanidine groups is 1. The highest BCUT2D eigenvalue weighted by molar-refractivity contribution is 14.0.